The molecule has 2 aromatic carbocycles. The van der Waals surface area contributed by atoms with Crippen LogP contribution >= 0.6 is 0 Å². The second-order valence-electron chi connectivity index (χ2n) is 6.13. The zero-order chi connectivity index (χ0) is 18.2. The van der Waals surface area contributed by atoms with E-state index in [4.69, 9.17) is 0 Å². The van der Waals surface area contributed by atoms with Crippen LogP contribution in [0.15, 0.2) is 48.5 Å². The molecule has 25 heavy (non-hydrogen) atoms. The summed E-state index contributed by atoms with van der Waals surface area (Å²) in [6, 6.07) is 16.0. The number of benzene rings is 2. The smallest absolute Gasteiger partial charge is 0.240 e. The standard InChI is InChI=1S/C21H26N2O2/c1-4-19-12-8-9-16(2)21(19)23(17(3)24)15-20(25)22-14-13-18-10-6-5-7-11-18/h5-12H,4,13-15H2,1-3H3,(H,22,25). The molecule has 2 rings (SSSR count). The summed E-state index contributed by atoms with van der Waals surface area (Å²) < 4.78 is 0. The Hall–Kier alpha value is -2.62. The molecule has 0 unspecified atom stereocenters. The van der Waals surface area contributed by atoms with Crippen LogP contribution in [0.5, 0.6) is 0 Å². The van der Waals surface area contributed by atoms with Crippen LogP contribution in [-0.2, 0) is 22.4 Å². The van der Waals surface area contributed by atoms with Crippen molar-refractivity contribution in [2.75, 3.05) is 18.0 Å². The van der Waals surface area contributed by atoms with Gasteiger partial charge in [-0.15, -0.1) is 0 Å². The van der Waals surface area contributed by atoms with Gasteiger partial charge < -0.3 is 10.2 Å². The minimum atomic E-state index is -0.142. The van der Waals surface area contributed by atoms with Gasteiger partial charge in [-0.05, 0) is 36.5 Å². The van der Waals surface area contributed by atoms with E-state index in [1.165, 1.54) is 12.5 Å². The molecule has 0 aromatic heterocycles. The summed E-state index contributed by atoms with van der Waals surface area (Å²) in [5, 5.41) is 2.91. The summed E-state index contributed by atoms with van der Waals surface area (Å²) in [6.45, 7) is 6.13. The first kappa shape index (κ1) is 18.7. The molecule has 2 aromatic rings. The molecule has 0 heterocycles. The van der Waals surface area contributed by atoms with Crippen LogP contribution in [0.4, 0.5) is 5.69 Å². The zero-order valence-corrected chi connectivity index (χ0v) is 15.2. The molecule has 2 amide bonds. The van der Waals surface area contributed by atoms with E-state index >= 15 is 0 Å². The van der Waals surface area contributed by atoms with Gasteiger partial charge in [0.25, 0.3) is 0 Å². The van der Waals surface area contributed by atoms with Crippen LogP contribution in [0.3, 0.4) is 0 Å². The van der Waals surface area contributed by atoms with Gasteiger partial charge in [-0.1, -0.05) is 55.5 Å². The topological polar surface area (TPSA) is 49.4 Å². The van der Waals surface area contributed by atoms with E-state index in [2.05, 4.69) is 12.2 Å². The molecule has 0 aliphatic heterocycles. The number of anilines is 1. The number of amides is 2. The SMILES string of the molecule is CCc1cccc(C)c1N(CC(=O)NCCc1ccccc1)C(C)=O. The average Bonchev–Trinajstić information content (AvgIpc) is 2.60. The third kappa shape index (κ3) is 5.18. The number of hydrogen-bond acceptors (Lipinski definition) is 2. The number of para-hydroxylation sites is 1. The Balaban J connectivity index is 2.02. The summed E-state index contributed by atoms with van der Waals surface area (Å²) >= 11 is 0. The lowest BCUT2D eigenvalue weighted by molar-refractivity contribution is -0.123. The Labute approximate surface area is 149 Å². The Morgan fingerprint density at radius 1 is 1.04 bits per heavy atom. The van der Waals surface area contributed by atoms with Crippen molar-refractivity contribution < 1.29 is 9.59 Å². The first-order valence-electron chi connectivity index (χ1n) is 8.70. The monoisotopic (exact) mass is 338 g/mol. The minimum Gasteiger partial charge on any atom is -0.354 e. The summed E-state index contributed by atoms with van der Waals surface area (Å²) in [5.41, 5.74) is 4.12. The summed E-state index contributed by atoms with van der Waals surface area (Å²) in [4.78, 5) is 26.0. The summed E-state index contributed by atoms with van der Waals surface area (Å²) in [7, 11) is 0. The maximum Gasteiger partial charge on any atom is 0.240 e. The van der Waals surface area contributed by atoms with Crippen LogP contribution in [-0.4, -0.2) is 24.9 Å². The molecule has 4 heteroatoms. The highest BCUT2D eigenvalue weighted by Gasteiger charge is 2.19. The van der Waals surface area contributed by atoms with Crippen LogP contribution in [0.1, 0.15) is 30.5 Å². The number of nitrogens with one attached hydrogen (secondary N) is 1. The van der Waals surface area contributed by atoms with Crippen molar-refractivity contribution in [2.45, 2.75) is 33.6 Å². The molecule has 0 aliphatic rings. The van der Waals surface area contributed by atoms with Gasteiger partial charge in [-0.25, -0.2) is 0 Å². The minimum absolute atomic E-state index is 0.0436. The quantitative estimate of drug-likeness (QED) is 0.842. The van der Waals surface area contributed by atoms with E-state index in [1.807, 2.05) is 55.5 Å². The van der Waals surface area contributed by atoms with Crippen molar-refractivity contribution >= 4 is 17.5 Å². The number of carbonyl (C=O) groups is 2. The van der Waals surface area contributed by atoms with Crippen LogP contribution in [0, 0.1) is 6.92 Å². The lowest BCUT2D eigenvalue weighted by Gasteiger charge is -2.25. The van der Waals surface area contributed by atoms with Crippen LogP contribution in [0.25, 0.3) is 0 Å². The molecule has 0 radical (unpaired) electrons. The maximum absolute atomic E-state index is 12.3. The highest BCUT2D eigenvalue weighted by atomic mass is 16.2. The highest BCUT2D eigenvalue weighted by molar-refractivity contribution is 5.98. The third-order valence-corrected chi connectivity index (χ3v) is 4.23. The van der Waals surface area contributed by atoms with Gasteiger partial charge in [0.05, 0.1) is 5.69 Å². The van der Waals surface area contributed by atoms with Gasteiger partial charge in [-0.3, -0.25) is 9.59 Å². The van der Waals surface area contributed by atoms with E-state index < -0.39 is 0 Å². The molecule has 0 saturated heterocycles. The molecule has 0 bridgehead atoms. The van der Waals surface area contributed by atoms with Crippen LogP contribution in [0.2, 0.25) is 0 Å². The molecule has 0 fully saturated rings. The van der Waals surface area contributed by atoms with Gasteiger partial charge in [0, 0.05) is 13.5 Å². The van der Waals surface area contributed by atoms with Gasteiger partial charge in [0.15, 0.2) is 0 Å². The Bertz CT molecular complexity index is 726. The molecule has 4 nitrogen and oxygen atoms in total. The molecule has 0 saturated carbocycles. The number of carbonyl (C=O) groups excluding carboxylic acids is 2. The summed E-state index contributed by atoms with van der Waals surface area (Å²) in [6.07, 6.45) is 1.59. The Morgan fingerprint density at radius 3 is 2.40 bits per heavy atom. The van der Waals surface area contributed by atoms with Crippen molar-refractivity contribution in [3.63, 3.8) is 0 Å². The van der Waals surface area contributed by atoms with E-state index in [0.29, 0.717) is 6.54 Å². The highest BCUT2D eigenvalue weighted by Crippen LogP contribution is 2.25. The Kier molecular flexibility index (Phi) is 6.75. The zero-order valence-electron chi connectivity index (χ0n) is 15.2. The van der Waals surface area contributed by atoms with Crippen molar-refractivity contribution in [2.24, 2.45) is 0 Å². The molecule has 1 N–H and O–H groups in total. The lowest BCUT2D eigenvalue weighted by Crippen LogP contribution is -2.41. The second kappa shape index (κ2) is 9.02. The number of nitrogens with zero attached hydrogens (tertiary/aromatic N) is 1. The fraction of sp³-hybridized carbons (Fsp3) is 0.333. The van der Waals surface area contributed by atoms with E-state index in [9.17, 15) is 9.59 Å². The predicted molar refractivity (Wildman–Crippen MR) is 102 cm³/mol. The first-order valence-corrected chi connectivity index (χ1v) is 8.70. The number of aryl methyl sites for hydroxylation is 2. The number of rotatable bonds is 7. The fourth-order valence-corrected chi connectivity index (χ4v) is 2.93. The van der Waals surface area contributed by atoms with Gasteiger partial charge >= 0.3 is 0 Å². The second-order valence-corrected chi connectivity index (χ2v) is 6.13. The van der Waals surface area contributed by atoms with E-state index in [-0.39, 0.29) is 18.4 Å². The van der Waals surface area contributed by atoms with Gasteiger partial charge in [0.1, 0.15) is 6.54 Å². The van der Waals surface area contributed by atoms with Crippen molar-refractivity contribution in [3.8, 4) is 0 Å². The van der Waals surface area contributed by atoms with E-state index in [1.54, 1.807) is 4.90 Å². The van der Waals surface area contributed by atoms with E-state index in [0.717, 1.165) is 29.7 Å². The predicted octanol–water partition coefficient (Wildman–Crippen LogP) is 3.27. The van der Waals surface area contributed by atoms with Crippen molar-refractivity contribution in [3.05, 3.63) is 65.2 Å². The van der Waals surface area contributed by atoms with Crippen LogP contribution < -0.4 is 10.2 Å². The molecule has 0 spiro atoms. The molecule has 0 aliphatic carbocycles. The average molecular weight is 338 g/mol. The molecular weight excluding hydrogens is 312 g/mol. The van der Waals surface area contributed by atoms with Gasteiger partial charge in [0.2, 0.25) is 11.8 Å². The number of hydrogen-bond donors (Lipinski definition) is 1. The van der Waals surface area contributed by atoms with Crippen molar-refractivity contribution in [1.82, 2.24) is 5.32 Å². The maximum atomic E-state index is 12.3. The third-order valence-electron chi connectivity index (χ3n) is 4.23. The Morgan fingerprint density at radius 2 is 1.76 bits per heavy atom. The van der Waals surface area contributed by atoms with Gasteiger partial charge in [-0.2, -0.15) is 0 Å². The molecule has 132 valence electrons. The first-order chi connectivity index (χ1) is 12.0. The fourth-order valence-electron chi connectivity index (χ4n) is 2.93. The lowest BCUT2D eigenvalue weighted by atomic mass is 10.0. The largest absolute Gasteiger partial charge is 0.354 e. The molecular formula is C21H26N2O2. The normalized spacial score (nSPS) is 10.4. The van der Waals surface area contributed by atoms with Crippen molar-refractivity contribution in [1.29, 1.82) is 0 Å². The molecule has 0 atom stereocenters. The summed E-state index contributed by atoms with van der Waals surface area (Å²) in [5.74, 6) is -0.265.